The Hall–Kier alpha value is -4.97. The predicted octanol–water partition coefficient (Wildman–Crippen LogP) is 8.77. The second-order valence-corrected chi connectivity index (χ2v) is 9.65. The fourth-order valence-corrected chi connectivity index (χ4v) is 5.04. The smallest absolute Gasteiger partial charge is 0.0964 e. The van der Waals surface area contributed by atoms with Gasteiger partial charge >= 0.3 is 0 Å². The van der Waals surface area contributed by atoms with Gasteiger partial charge < -0.3 is 0 Å². The summed E-state index contributed by atoms with van der Waals surface area (Å²) >= 11 is 0. The number of fused-ring (bicyclic) bond motifs is 9. The minimum atomic E-state index is 0. The summed E-state index contributed by atoms with van der Waals surface area (Å²) in [6.45, 7) is 0. The normalized spacial score (nSPS) is 10.4. The van der Waals surface area contributed by atoms with E-state index in [4.69, 9.17) is 0 Å². The maximum atomic E-state index is 4.35. The molecule has 0 fully saturated rings. The molecule has 0 saturated carbocycles. The van der Waals surface area contributed by atoms with E-state index < -0.39 is 0 Å². The van der Waals surface area contributed by atoms with E-state index in [0.717, 1.165) is 65.4 Å². The molecule has 0 spiro atoms. The number of halogens is 1. The molecular weight excluding hydrogens is 653 g/mol. The zero-order chi connectivity index (χ0) is 28.1. The average Bonchev–Trinajstić information content (AvgIpc) is 3.09. The number of nitrogens with zero attached hydrogens (tertiary/aromatic N) is 6. The van der Waals surface area contributed by atoms with E-state index in [1.54, 1.807) is 37.2 Å². The summed E-state index contributed by atoms with van der Waals surface area (Å²) in [5.74, 6) is 0. The maximum absolute atomic E-state index is 4.35. The van der Waals surface area contributed by atoms with Crippen LogP contribution in [0.3, 0.4) is 0 Å². The zero-order valence-electron chi connectivity index (χ0n) is 23.3. The Morgan fingerprint density at radius 1 is 0.250 bits per heavy atom. The monoisotopic (exact) mass is 678 g/mol. The van der Waals surface area contributed by atoms with Crippen molar-refractivity contribution >= 4 is 77.8 Å². The van der Waals surface area contributed by atoms with E-state index in [0.29, 0.717) is 0 Å². The number of pyridine rings is 6. The van der Waals surface area contributed by atoms with Crippen molar-refractivity contribution in [1.29, 1.82) is 0 Å². The number of hydrogen-bond acceptors (Lipinski definition) is 6. The summed E-state index contributed by atoms with van der Waals surface area (Å²) in [5.41, 5.74) is 5.86. The van der Waals surface area contributed by atoms with E-state index in [9.17, 15) is 0 Å². The van der Waals surface area contributed by atoms with Gasteiger partial charge in [-0.05, 0) is 36.4 Å². The molecule has 0 saturated heterocycles. The van der Waals surface area contributed by atoms with Crippen molar-refractivity contribution in [3.63, 3.8) is 0 Å². The van der Waals surface area contributed by atoms with Crippen molar-refractivity contribution in [2.45, 2.75) is 0 Å². The molecule has 3 aromatic carbocycles. The van der Waals surface area contributed by atoms with Gasteiger partial charge in [-0.25, -0.2) is 0 Å². The summed E-state index contributed by atoms with van der Waals surface area (Å²) in [4.78, 5) is 26.1. The van der Waals surface area contributed by atoms with Crippen molar-refractivity contribution in [1.82, 2.24) is 29.9 Å². The van der Waals surface area contributed by atoms with E-state index in [1.165, 1.54) is 0 Å². The first-order valence-electron chi connectivity index (χ1n) is 13.6. The van der Waals surface area contributed by atoms with Crippen LogP contribution in [-0.4, -0.2) is 29.9 Å². The number of hydrogen-bond donors (Lipinski definition) is 0. The van der Waals surface area contributed by atoms with Crippen LogP contribution in [0.1, 0.15) is 0 Å². The Morgan fingerprint density at radius 3 is 0.568 bits per heavy atom. The van der Waals surface area contributed by atoms with Crippen molar-refractivity contribution in [3.8, 4) is 0 Å². The third-order valence-corrected chi connectivity index (χ3v) is 7.03. The molecule has 0 aliphatic rings. The number of benzene rings is 3. The summed E-state index contributed by atoms with van der Waals surface area (Å²) in [6, 6.07) is 36.4. The van der Waals surface area contributed by atoms with Gasteiger partial charge in [0.1, 0.15) is 0 Å². The second kappa shape index (κ2) is 14.0. The second-order valence-electron chi connectivity index (χ2n) is 9.65. The van der Waals surface area contributed by atoms with Crippen LogP contribution in [0.5, 0.6) is 0 Å². The molecule has 0 unspecified atom stereocenters. The Labute approximate surface area is 272 Å². The van der Waals surface area contributed by atoms with Gasteiger partial charge in [-0.3, -0.25) is 29.9 Å². The summed E-state index contributed by atoms with van der Waals surface area (Å²) in [7, 11) is 0. The Bertz CT molecular complexity index is 1920. The third-order valence-electron chi connectivity index (χ3n) is 7.03. The molecule has 0 radical (unpaired) electrons. The van der Waals surface area contributed by atoms with Crippen LogP contribution in [0, 0.1) is 0 Å². The van der Waals surface area contributed by atoms with Crippen molar-refractivity contribution in [2.24, 2.45) is 0 Å². The summed E-state index contributed by atoms with van der Waals surface area (Å²) < 4.78 is 0. The van der Waals surface area contributed by atoms with Gasteiger partial charge in [0.05, 0.1) is 33.1 Å². The molecule has 0 aliphatic heterocycles. The molecule has 6 aromatic heterocycles. The summed E-state index contributed by atoms with van der Waals surface area (Å²) in [5, 5.41) is 6.83. The molecule has 0 atom stereocenters. The molecule has 0 amide bonds. The first-order chi connectivity index (χ1) is 20.8. The Balaban J connectivity index is 0.000000128. The SMILES string of the molecule is Cl.[Ru].c1cnc2c(c1)ccc1cccnc12.c1cnc2c(c1)ccc1cccnc12.c1cnc2c(c1)ccc1cccnc12. The van der Waals surface area contributed by atoms with Gasteiger partial charge in [0.25, 0.3) is 0 Å². The molecule has 9 aromatic rings. The fraction of sp³-hybridized carbons (Fsp3) is 0. The molecule has 8 heteroatoms. The molecule has 0 bridgehead atoms. The van der Waals surface area contributed by atoms with Crippen LogP contribution in [0.25, 0.3) is 65.4 Å². The van der Waals surface area contributed by atoms with Crippen molar-refractivity contribution < 1.29 is 19.5 Å². The Kier molecular flexibility index (Phi) is 9.70. The van der Waals surface area contributed by atoms with Gasteiger partial charge in [0, 0.05) is 89.0 Å². The van der Waals surface area contributed by atoms with Crippen molar-refractivity contribution in [3.05, 3.63) is 146 Å². The van der Waals surface area contributed by atoms with E-state index in [1.807, 2.05) is 36.4 Å². The predicted molar refractivity (Wildman–Crippen MR) is 178 cm³/mol. The molecule has 0 aliphatic carbocycles. The molecule has 6 nitrogen and oxygen atoms in total. The standard InChI is InChI=1S/3C12H8N2.ClH.Ru/c3*1-3-9-5-6-10-4-2-8-14-12(10)11(9)13-7-1;;/h3*1-8H;1H;. The quantitative estimate of drug-likeness (QED) is 0.118. The number of rotatable bonds is 0. The van der Waals surface area contributed by atoms with Gasteiger partial charge in [0.2, 0.25) is 0 Å². The fourth-order valence-electron chi connectivity index (χ4n) is 5.04. The molecule has 214 valence electrons. The van der Waals surface area contributed by atoms with Crippen LogP contribution in [0.4, 0.5) is 0 Å². The zero-order valence-corrected chi connectivity index (χ0v) is 25.9. The van der Waals surface area contributed by atoms with E-state index >= 15 is 0 Å². The maximum Gasteiger partial charge on any atom is 0.0964 e. The van der Waals surface area contributed by atoms with Crippen LogP contribution >= 0.6 is 12.4 Å². The van der Waals surface area contributed by atoms with Crippen LogP contribution in [-0.2, 0) is 19.5 Å². The molecule has 6 heterocycles. The number of aromatic nitrogens is 6. The topological polar surface area (TPSA) is 77.3 Å². The molecular formula is C36H25ClN6Ru. The van der Waals surface area contributed by atoms with Gasteiger partial charge in [0.15, 0.2) is 0 Å². The Morgan fingerprint density at radius 2 is 0.409 bits per heavy atom. The first kappa shape index (κ1) is 30.5. The van der Waals surface area contributed by atoms with Crippen molar-refractivity contribution in [2.75, 3.05) is 0 Å². The summed E-state index contributed by atoms with van der Waals surface area (Å²) in [6.07, 6.45) is 10.8. The average molecular weight is 678 g/mol. The van der Waals surface area contributed by atoms with E-state index in [-0.39, 0.29) is 31.9 Å². The molecule has 0 N–H and O–H groups in total. The molecule has 9 rings (SSSR count). The van der Waals surface area contributed by atoms with Crippen LogP contribution in [0.2, 0.25) is 0 Å². The first-order valence-corrected chi connectivity index (χ1v) is 13.6. The molecule has 44 heavy (non-hydrogen) atoms. The van der Waals surface area contributed by atoms with Crippen LogP contribution < -0.4 is 0 Å². The minimum Gasteiger partial charge on any atom is -0.254 e. The minimum absolute atomic E-state index is 0. The largest absolute Gasteiger partial charge is 0.254 e. The third kappa shape index (κ3) is 6.20. The van der Waals surface area contributed by atoms with Gasteiger partial charge in [-0.2, -0.15) is 0 Å². The van der Waals surface area contributed by atoms with Gasteiger partial charge in [-0.15, -0.1) is 12.4 Å². The van der Waals surface area contributed by atoms with E-state index in [2.05, 4.69) is 103 Å². The van der Waals surface area contributed by atoms with Crippen LogP contribution in [0.15, 0.2) is 146 Å². The van der Waals surface area contributed by atoms with Gasteiger partial charge in [-0.1, -0.05) is 72.8 Å².